The number of amides is 1. The molecule has 0 saturated carbocycles. The predicted molar refractivity (Wildman–Crippen MR) is 79.8 cm³/mol. The summed E-state index contributed by atoms with van der Waals surface area (Å²) in [6.07, 6.45) is 0. The Kier molecular flexibility index (Phi) is 5.12. The van der Waals surface area contributed by atoms with Crippen LogP contribution in [-0.2, 0) is 11.3 Å². The Bertz CT molecular complexity index is 421. The number of rotatable bonds is 5. The number of nitrogens with zero attached hydrogens (tertiary/aromatic N) is 1. The van der Waals surface area contributed by atoms with E-state index >= 15 is 0 Å². The molecule has 0 fully saturated rings. The van der Waals surface area contributed by atoms with Crippen LogP contribution in [0, 0.1) is 5.41 Å². The van der Waals surface area contributed by atoms with Crippen LogP contribution in [0.25, 0.3) is 0 Å². The minimum atomic E-state index is -0.493. The molecular formula is C16H26N2O. The van der Waals surface area contributed by atoms with Crippen molar-refractivity contribution in [3.8, 4) is 0 Å². The zero-order valence-electron chi connectivity index (χ0n) is 12.7. The minimum absolute atomic E-state index is 0.0861. The van der Waals surface area contributed by atoms with E-state index < -0.39 is 5.41 Å². The molecule has 0 saturated heterocycles. The van der Waals surface area contributed by atoms with Gasteiger partial charge in [-0.15, -0.1) is 0 Å². The molecule has 1 rings (SSSR count). The van der Waals surface area contributed by atoms with Gasteiger partial charge in [-0.05, 0) is 30.9 Å². The lowest BCUT2D eigenvalue weighted by molar-refractivity contribution is -0.139. The van der Waals surface area contributed by atoms with E-state index in [4.69, 9.17) is 5.73 Å². The van der Waals surface area contributed by atoms with Crippen LogP contribution in [0.3, 0.4) is 0 Å². The van der Waals surface area contributed by atoms with E-state index in [1.807, 2.05) is 20.9 Å². The third kappa shape index (κ3) is 4.06. The van der Waals surface area contributed by atoms with Crippen LogP contribution in [0.15, 0.2) is 24.3 Å². The van der Waals surface area contributed by atoms with Gasteiger partial charge in [0.05, 0.1) is 5.41 Å². The van der Waals surface area contributed by atoms with Gasteiger partial charge >= 0.3 is 0 Å². The second-order valence-electron chi connectivity index (χ2n) is 6.15. The monoisotopic (exact) mass is 262 g/mol. The van der Waals surface area contributed by atoms with Crippen LogP contribution < -0.4 is 5.73 Å². The Morgan fingerprint density at radius 2 is 1.79 bits per heavy atom. The van der Waals surface area contributed by atoms with Gasteiger partial charge in [0.25, 0.3) is 0 Å². The van der Waals surface area contributed by atoms with E-state index in [-0.39, 0.29) is 5.91 Å². The molecule has 3 heteroatoms. The summed E-state index contributed by atoms with van der Waals surface area (Å²) in [7, 11) is 1.83. The molecular weight excluding hydrogens is 236 g/mol. The van der Waals surface area contributed by atoms with Gasteiger partial charge in [-0.3, -0.25) is 4.79 Å². The fourth-order valence-corrected chi connectivity index (χ4v) is 1.96. The van der Waals surface area contributed by atoms with Gasteiger partial charge in [-0.2, -0.15) is 0 Å². The second-order valence-corrected chi connectivity index (χ2v) is 6.15. The topological polar surface area (TPSA) is 46.3 Å². The van der Waals surface area contributed by atoms with E-state index in [1.165, 1.54) is 5.56 Å². The molecule has 1 aromatic carbocycles. The predicted octanol–water partition coefficient (Wildman–Crippen LogP) is 2.75. The Hall–Kier alpha value is -1.35. The molecule has 0 aliphatic carbocycles. The fourth-order valence-electron chi connectivity index (χ4n) is 1.96. The smallest absolute Gasteiger partial charge is 0.229 e. The maximum absolute atomic E-state index is 12.2. The number of benzene rings is 1. The van der Waals surface area contributed by atoms with Gasteiger partial charge < -0.3 is 10.6 Å². The number of carbonyl (C=O) groups is 1. The summed E-state index contributed by atoms with van der Waals surface area (Å²) in [6, 6.07) is 8.45. The molecule has 0 heterocycles. The highest BCUT2D eigenvalue weighted by Gasteiger charge is 2.28. The molecule has 0 aliphatic heterocycles. The van der Waals surface area contributed by atoms with Crippen molar-refractivity contribution in [2.45, 2.75) is 40.2 Å². The summed E-state index contributed by atoms with van der Waals surface area (Å²) < 4.78 is 0. The fraction of sp³-hybridized carbons (Fsp3) is 0.562. The van der Waals surface area contributed by atoms with Gasteiger partial charge in [0.1, 0.15) is 0 Å². The Morgan fingerprint density at radius 3 is 2.21 bits per heavy atom. The lowest BCUT2D eigenvalue weighted by atomic mass is 9.92. The Balaban J connectivity index is 2.72. The molecule has 2 N–H and O–H groups in total. The first-order valence-electron chi connectivity index (χ1n) is 6.82. The third-order valence-corrected chi connectivity index (χ3v) is 3.50. The molecule has 0 spiro atoms. The summed E-state index contributed by atoms with van der Waals surface area (Å²) in [6.45, 7) is 9.10. The normalized spacial score (nSPS) is 11.7. The van der Waals surface area contributed by atoms with Crippen molar-refractivity contribution < 1.29 is 4.79 Å². The van der Waals surface area contributed by atoms with Crippen molar-refractivity contribution in [1.29, 1.82) is 0 Å². The largest absolute Gasteiger partial charge is 0.341 e. The first-order chi connectivity index (χ1) is 8.77. The zero-order valence-corrected chi connectivity index (χ0v) is 12.7. The van der Waals surface area contributed by atoms with E-state index in [9.17, 15) is 4.79 Å². The average molecular weight is 262 g/mol. The summed E-state index contributed by atoms with van der Waals surface area (Å²) in [5.41, 5.74) is 7.62. The molecule has 19 heavy (non-hydrogen) atoms. The second kappa shape index (κ2) is 6.20. The summed E-state index contributed by atoms with van der Waals surface area (Å²) in [5.74, 6) is 0.618. The van der Waals surface area contributed by atoms with Gasteiger partial charge in [0.15, 0.2) is 0 Å². The Labute approximate surface area is 116 Å². The maximum Gasteiger partial charge on any atom is 0.229 e. The van der Waals surface area contributed by atoms with Crippen LogP contribution in [-0.4, -0.2) is 24.4 Å². The van der Waals surface area contributed by atoms with Gasteiger partial charge in [0.2, 0.25) is 5.91 Å². The van der Waals surface area contributed by atoms with Gasteiger partial charge in [-0.25, -0.2) is 0 Å². The lowest BCUT2D eigenvalue weighted by Crippen LogP contribution is -2.42. The first kappa shape index (κ1) is 15.7. The van der Waals surface area contributed by atoms with Crippen LogP contribution in [0.2, 0.25) is 0 Å². The first-order valence-corrected chi connectivity index (χ1v) is 6.82. The maximum atomic E-state index is 12.2. The third-order valence-electron chi connectivity index (χ3n) is 3.50. The molecule has 0 aliphatic rings. The summed E-state index contributed by atoms with van der Waals surface area (Å²) in [4.78, 5) is 14.0. The molecule has 0 bridgehead atoms. The van der Waals surface area contributed by atoms with Crippen molar-refractivity contribution >= 4 is 5.91 Å². The van der Waals surface area contributed by atoms with Crippen molar-refractivity contribution in [2.24, 2.45) is 11.1 Å². The highest BCUT2D eigenvalue weighted by atomic mass is 16.2. The van der Waals surface area contributed by atoms with Crippen molar-refractivity contribution in [1.82, 2.24) is 4.90 Å². The molecule has 3 nitrogen and oxygen atoms in total. The molecule has 0 atom stereocenters. The van der Waals surface area contributed by atoms with Crippen LogP contribution in [0.1, 0.15) is 44.7 Å². The van der Waals surface area contributed by atoms with Gasteiger partial charge in [0, 0.05) is 20.1 Å². The number of hydrogen-bond donors (Lipinski definition) is 1. The quantitative estimate of drug-likeness (QED) is 0.887. The van der Waals surface area contributed by atoms with Crippen molar-refractivity contribution in [3.05, 3.63) is 35.4 Å². The molecule has 1 aromatic rings. The van der Waals surface area contributed by atoms with E-state index in [0.717, 1.165) is 5.56 Å². The molecule has 1 amide bonds. The zero-order chi connectivity index (χ0) is 14.6. The van der Waals surface area contributed by atoms with Crippen LogP contribution in [0.5, 0.6) is 0 Å². The van der Waals surface area contributed by atoms with Crippen LogP contribution >= 0.6 is 0 Å². The van der Waals surface area contributed by atoms with Crippen molar-refractivity contribution in [3.63, 3.8) is 0 Å². The number of nitrogens with two attached hydrogens (primary N) is 1. The van der Waals surface area contributed by atoms with E-state index in [2.05, 4.69) is 38.1 Å². The van der Waals surface area contributed by atoms with Crippen molar-refractivity contribution in [2.75, 3.05) is 13.6 Å². The highest BCUT2D eigenvalue weighted by Crippen LogP contribution is 2.19. The summed E-state index contributed by atoms with van der Waals surface area (Å²) in [5, 5.41) is 0. The summed E-state index contributed by atoms with van der Waals surface area (Å²) >= 11 is 0. The molecule has 0 unspecified atom stereocenters. The Morgan fingerprint density at radius 1 is 1.26 bits per heavy atom. The minimum Gasteiger partial charge on any atom is -0.341 e. The molecule has 106 valence electrons. The van der Waals surface area contributed by atoms with E-state index in [1.54, 1.807) is 4.90 Å². The van der Waals surface area contributed by atoms with E-state index in [0.29, 0.717) is 19.0 Å². The molecule has 0 radical (unpaired) electrons. The number of carbonyl (C=O) groups excluding carboxylic acids is 1. The standard InChI is InChI=1S/C16H26N2O/c1-12(2)14-8-6-13(7-9-14)10-18(5)15(19)16(3,4)11-17/h6-9,12H,10-11,17H2,1-5H3. The van der Waals surface area contributed by atoms with Crippen LogP contribution in [0.4, 0.5) is 0 Å². The number of hydrogen-bond acceptors (Lipinski definition) is 2. The highest BCUT2D eigenvalue weighted by molar-refractivity contribution is 5.81. The SMILES string of the molecule is CC(C)c1ccc(CN(C)C(=O)C(C)(C)CN)cc1. The average Bonchev–Trinajstić information content (AvgIpc) is 2.38. The van der Waals surface area contributed by atoms with Gasteiger partial charge in [-0.1, -0.05) is 38.1 Å². The molecule has 0 aromatic heterocycles. The lowest BCUT2D eigenvalue weighted by Gasteiger charge is -2.28.